The molecule has 0 bridgehead atoms. The predicted molar refractivity (Wildman–Crippen MR) is 123 cm³/mol. The molecular formula is C23H31BrN4O. The first-order valence-electron chi connectivity index (χ1n) is 10.5. The van der Waals surface area contributed by atoms with Crippen molar-refractivity contribution in [3.05, 3.63) is 39.1 Å². The van der Waals surface area contributed by atoms with E-state index >= 15 is 0 Å². The molecule has 0 fully saturated rings. The topological polar surface area (TPSA) is 58.1 Å². The molecule has 1 amide bonds. The van der Waals surface area contributed by atoms with Crippen LogP contribution in [-0.4, -0.2) is 21.9 Å². The van der Waals surface area contributed by atoms with Gasteiger partial charge in [-0.15, -0.1) is 0 Å². The first kappa shape index (κ1) is 21.8. The maximum Gasteiger partial charge on any atom is 0.235 e. The van der Waals surface area contributed by atoms with Crippen molar-refractivity contribution in [3.63, 3.8) is 0 Å². The van der Waals surface area contributed by atoms with Crippen LogP contribution in [0.15, 0.2) is 16.6 Å². The van der Waals surface area contributed by atoms with E-state index in [9.17, 15) is 4.79 Å². The molecule has 0 spiro atoms. The molecule has 0 aliphatic carbocycles. The SMILES string of the molecule is CCCCC(C)Nc1nc(C)nc2c1CC(C)C(=O)N2c1c(C)cc(Br)cc1C. The zero-order chi connectivity index (χ0) is 21.3. The van der Waals surface area contributed by atoms with Gasteiger partial charge in [-0.2, -0.15) is 0 Å². The minimum absolute atomic E-state index is 0.0918. The molecule has 1 aromatic heterocycles. The molecule has 156 valence electrons. The van der Waals surface area contributed by atoms with E-state index in [4.69, 9.17) is 9.97 Å². The normalized spacial score (nSPS) is 17.3. The minimum atomic E-state index is -0.122. The van der Waals surface area contributed by atoms with Crippen LogP contribution in [0.1, 0.15) is 62.5 Å². The van der Waals surface area contributed by atoms with E-state index in [0.29, 0.717) is 18.3 Å². The monoisotopic (exact) mass is 458 g/mol. The second-order valence-corrected chi connectivity index (χ2v) is 9.19. The van der Waals surface area contributed by atoms with Crippen molar-refractivity contribution in [3.8, 4) is 0 Å². The van der Waals surface area contributed by atoms with E-state index < -0.39 is 0 Å². The predicted octanol–water partition coefficient (Wildman–Crippen LogP) is 6.01. The number of nitrogens with zero attached hydrogens (tertiary/aromatic N) is 3. The van der Waals surface area contributed by atoms with Crippen LogP contribution in [-0.2, 0) is 11.2 Å². The second kappa shape index (κ2) is 8.82. The number of carbonyl (C=O) groups is 1. The average Bonchev–Trinajstić information content (AvgIpc) is 2.63. The molecule has 2 atom stereocenters. The van der Waals surface area contributed by atoms with Crippen molar-refractivity contribution in [1.29, 1.82) is 0 Å². The van der Waals surface area contributed by atoms with Crippen LogP contribution in [0.25, 0.3) is 0 Å². The third kappa shape index (κ3) is 4.47. The summed E-state index contributed by atoms with van der Waals surface area (Å²) < 4.78 is 1.01. The third-order valence-electron chi connectivity index (χ3n) is 5.51. The van der Waals surface area contributed by atoms with Gasteiger partial charge < -0.3 is 5.32 Å². The van der Waals surface area contributed by atoms with Gasteiger partial charge in [-0.3, -0.25) is 9.69 Å². The third-order valence-corrected chi connectivity index (χ3v) is 5.97. The summed E-state index contributed by atoms with van der Waals surface area (Å²) in [5.41, 5.74) is 4.06. The average molecular weight is 459 g/mol. The van der Waals surface area contributed by atoms with Gasteiger partial charge in [0.25, 0.3) is 0 Å². The fraction of sp³-hybridized carbons (Fsp3) is 0.522. The molecule has 2 aromatic rings. The van der Waals surface area contributed by atoms with Crippen LogP contribution in [0.3, 0.4) is 0 Å². The Morgan fingerprint density at radius 3 is 2.52 bits per heavy atom. The number of rotatable bonds is 6. The number of unbranched alkanes of at least 4 members (excludes halogenated alkanes) is 1. The number of anilines is 3. The van der Waals surface area contributed by atoms with Crippen LogP contribution in [0.2, 0.25) is 0 Å². The number of halogens is 1. The lowest BCUT2D eigenvalue weighted by atomic mass is 9.93. The molecule has 5 nitrogen and oxygen atoms in total. The van der Waals surface area contributed by atoms with Crippen LogP contribution >= 0.6 is 15.9 Å². The molecule has 0 saturated heterocycles. The van der Waals surface area contributed by atoms with Crippen molar-refractivity contribution in [1.82, 2.24) is 9.97 Å². The van der Waals surface area contributed by atoms with Gasteiger partial charge in [0.15, 0.2) is 0 Å². The zero-order valence-electron chi connectivity index (χ0n) is 18.3. The summed E-state index contributed by atoms with van der Waals surface area (Å²) >= 11 is 3.56. The largest absolute Gasteiger partial charge is 0.367 e. The molecule has 1 aliphatic rings. The number of aryl methyl sites for hydroxylation is 3. The second-order valence-electron chi connectivity index (χ2n) is 8.28. The number of hydrogen-bond donors (Lipinski definition) is 1. The van der Waals surface area contributed by atoms with E-state index in [1.54, 1.807) is 0 Å². The lowest BCUT2D eigenvalue weighted by Crippen LogP contribution is -2.39. The van der Waals surface area contributed by atoms with Gasteiger partial charge in [-0.25, -0.2) is 9.97 Å². The maximum absolute atomic E-state index is 13.3. The number of nitrogens with one attached hydrogen (secondary N) is 1. The van der Waals surface area contributed by atoms with Crippen molar-refractivity contribution in [2.24, 2.45) is 5.92 Å². The Labute approximate surface area is 182 Å². The van der Waals surface area contributed by atoms with Crippen LogP contribution in [0, 0.1) is 26.7 Å². The van der Waals surface area contributed by atoms with Crippen molar-refractivity contribution >= 4 is 39.2 Å². The molecule has 1 aromatic carbocycles. The lowest BCUT2D eigenvalue weighted by Gasteiger charge is -2.35. The standard InChI is InChI=1S/C23H31BrN4O/c1-7-8-9-16(5)25-21-19-12-15(4)23(29)28(22(19)27-17(6)26-21)20-13(2)10-18(24)11-14(20)3/h10-11,15-16H,7-9,12H2,1-6H3,(H,25,26,27). The van der Waals surface area contributed by atoms with Gasteiger partial charge in [-0.1, -0.05) is 42.6 Å². The van der Waals surface area contributed by atoms with E-state index in [-0.39, 0.29) is 11.8 Å². The van der Waals surface area contributed by atoms with Gasteiger partial charge in [0, 0.05) is 22.0 Å². The molecular weight excluding hydrogens is 428 g/mol. The number of aromatic nitrogens is 2. The van der Waals surface area contributed by atoms with Crippen molar-refractivity contribution in [2.45, 2.75) is 73.3 Å². The van der Waals surface area contributed by atoms with Gasteiger partial charge in [-0.05, 0) is 63.8 Å². The van der Waals surface area contributed by atoms with Crippen LogP contribution in [0.5, 0.6) is 0 Å². The summed E-state index contributed by atoms with van der Waals surface area (Å²) in [6.45, 7) is 12.4. The summed E-state index contributed by atoms with van der Waals surface area (Å²) in [6, 6.07) is 4.43. The Morgan fingerprint density at radius 2 is 1.90 bits per heavy atom. The van der Waals surface area contributed by atoms with Crippen molar-refractivity contribution in [2.75, 3.05) is 10.2 Å². The summed E-state index contributed by atoms with van der Waals surface area (Å²) in [5.74, 6) is 2.23. The first-order valence-corrected chi connectivity index (χ1v) is 11.3. The minimum Gasteiger partial charge on any atom is -0.367 e. The Morgan fingerprint density at radius 1 is 1.24 bits per heavy atom. The van der Waals surface area contributed by atoms with Gasteiger partial charge >= 0.3 is 0 Å². The molecule has 0 saturated carbocycles. The first-order chi connectivity index (χ1) is 13.7. The molecule has 0 radical (unpaired) electrons. The molecule has 2 unspecified atom stereocenters. The molecule has 6 heteroatoms. The fourth-order valence-electron chi connectivity index (χ4n) is 4.08. The molecule has 1 aliphatic heterocycles. The lowest BCUT2D eigenvalue weighted by molar-refractivity contribution is -0.121. The highest BCUT2D eigenvalue weighted by Gasteiger charge is 2.36. The van der Waals surface area contributed by atoms with E-state index in [1.807, 2.05) is 32.6 Å². The number of amides is 1. The van der Waals surface area contributed by atoms with E-state index in [0.717, 1.165) is 44.9 Å². The van der Waals surface area contributed by atoms with E-state index in [2.05, 4.69) is 47.2 Å². The molecule has 29 heavy (non-hydrogen) atoms. The number of fused-ring (bicyclic) bond motifs is 1. The highest BCUT2D eigenvalue weighted by atomic mass is 79.9. The van der Waals surface area contributed by atoms with Crippen LogP contribution in [0.4, 0.5) is 17.3 Å². The Balaban J connectivity index is 2.13. The highest BCUT2D eigenvalue weighted by molar-refractivity contribution is 9.10. The zero-order valence-corrected chi connectivity index (χ0v) is 19.9. The van der Waals surface area contributed by atoms with E-state index in [1.165, 1.54) is 12.8 Å². The number of carbonyl (C=O) groups excluding carboxylic acids is 1. The smallest absolute Gasteiger partial charge is 0.235 e. The van der Waals surface area contributed by atoms with Crippen molar-refractivity contribution < 1.29 is 4.79 Å². The fourth-order valence-corrected chi connectivity index (χ4v) is 4.77. The van der Waals surface area contributed by atoms with Crippen LogP contribution < -0.4 is 10.2 Å². The highest BCUT2D eigenvalue weighted by Crippen LogP contribution is 2.41. The molecule has 2 heterocycles. The quantitative estimate of drug-likeness (QED) is 0.575. The Hall–Kier alpha value is -1.95. The maximum atomic E-state index is 13.3. The number of hydrogen-bond acceptors (Lipinski definition) is 4. The van der Waals surface area contributed by atoms with Gasteiger partial charge in [0.2, 0.25) is 5.91 Å². The summed E-state index contributed by atoms with van der Waals surface area (Å²) in [7, 11) is 0. The summed E-state index contributed by atoms with van der Waals surface area (Å²) in [6.07, 6.45) is 4.10. The van der Waals surface area contributed by atoms with Gasteiger partial charge in [0.05, 0.1) is 5.69 Å². The van der Waals surface area contributed by atoms with Gasteiger partial charge in [0.1, 0.15) is 17.5 Å². The number of benzene rings is 1. The Bertz CT molecular complexity index is 904. The molecule has 3 rings (SSSR count). The summed E-state index contributed by atoms with van der Waals surface area (Å²) in [4.78, 5) is 24.6. The Kier molecular flexibility index (Phi) is 6.62. The molecule has 1 N–H and O–H groups in total. The summed E-state index contributed by atoms with van der Waals surface area (Å²) in [5, 5.41) is 3.59.